The smallest absolute Gasteiger partial charge is 0.257 e. The molecule has 0 saturated heterocycles. The molecule has 150 valence electrons. The van der Waals surface area contributed by atoms with Crippen LogP contribution in [0.3, 0.4) is 0 Å². The second-order valence-corrected chi connectivity index (χ2v) is 7.67. The topological polar surface area (TPSA) is 76.4 Å². The predicted octanol–water partition coefficient (Wildman–Crippen LogP) is 5.39. The van der Waals surface area contributed by atoms with Crippen LogP contribution >= 0.6 is 28.1 Å². The molecule has 1 heterocycles. The maximum absolute atomic E-state index is 12.3. The van der Waals surface area contributed by atoms with Crippen LogP contribution in [0.4, 0.5) is 5.69 Å². The van der Waals surface area contributed by atoms with Crippen LogP contribution in [-0.2, 0) is 0 Å². The van der Waals surface area contributed by atoms with E-state index in [4.69, 9.17) is 21.4 Å². The van der Waals surface area contributed by atoms with Crippen molar-refractivity contribution in [3.05, 3.63) is 76.8 Å². The number of fused-ring (bicyclic) bond motifs is 1. The van der Waals surface area contributed by atoms with Crippen molar-refractivity contribution in [1.82, 2.24) is 10.3 Å². The van der Waals surface area contributed by atoms with E-state index in [1.165, 1.54) is 0 Å². The number of ether oxygens (including phenoxy) is 1. The van der Waals surface area contributed by atoms with E-state index in [-0.39, 0.29) is 11.0 Å². The number of nitrogens with one attached hydrogen (secondary N) is 2. The fourth-order valence-corrected chi connectivity index (χ4v) is 3.44. The van der Waals surface area contributed by atoms with Gasteiger partial charge in [0.1, 0.15) is 11.3 Å². The molecule has 4 aromatic rings. The summed E-state index contributed by atoms with van der Waals surface area (Å²) in [6, 6.07) is 20.0. The Balaban J connectivity index is 1.47. The second-order valence-electron chi connectivity index (χ2n) is 6.35. The molecule has 0 aliphatic heterocycles. The van der Waals surface area contributed by atoms with Crippen molar-refractivity contribution in [3.8, 4) is 17.2 Å². The Bertz CT molecular complexity index is 1240. The van der Waals surface area contributed by atoms with E-state index >= 15 is 0 Å². The number of carbonyl (C=O) groups is 1. The van der Waals surface area contributed by atoms with Gasteiger partial charge in [0.2, 0.25) is 5.89 Å². The van der Waals surface area contributed by atoms with Crippen LogP contribution in [0, 0.1) is 0 Å². The zero-order valence-corrected chi connectivity index (χ0v) is 18.2. The minimum absolute atomic E-state index is 0.193. The number of rotatable bonds is 4. The van der Waals surface area contributed by atoms with Crippen molar-refractivity contribution >= 4 is 56.0 Å². The summed E-state index contributed by atoms with van der Waals surface area (Å²) in [5.74, 6) is 0.980. The third kappa shape index (κ3) is 4.50. The van der Waals surface area contributed by atoms with Crippen molar-refractivity contribution in [2.75, 3.05) is 12.4 Å². The van der Waals surface area contributed by atoms with Crippen molar-refractivity contribution in [3.63, 3.8) is 0 Å². The zero-order chi connectivity index (χ0) is 21.1. The lowest BCUT2D eigenvalue weighted by Gasteiger charge is -2.09. The summed E-state index contributed by atoms with van der Waals surface area (Å²) in [6.45, 7) is 0. The number of nitrogens with zero attached hydrogens (tertiary/aromatic N) is 1. The van der Waals surface area contributed by atoms with Gasteiger partial charge in [-0.25, -0.2) is 4.98 Å². The number of hydrogen-bond acceptors (Lipinski definition) is 5. The number of amides is 1. The molecule has 0 atom stereocenters. The molecule has 0 fully saturated rings. The number of halogens is 1. The summed E-state index contributed by atoms with van der Waals surface area (Å²) in [5.41, 5.74) is 3.36. The van der Waals surface area contributed by atoms with Crippen molar-refractivity contribution in [2.24, 2.45) is 0 Å². The van der Waals surface area contributed by atoms with Crippen LogP contribution in [0.25, 0.3) is 22.6 Å². The molecular weight excluding hydrogens is 466 g/mol. The first kappa shape index (κ1) is 20.1. The standard InChI is InChI=1S/C22H16BrN3O3S/c1-28-17-8-5-13(6-9-17)21-25-18-12-16(7-10-19(18)29-21)24-22(30)26-20(27)14-3-2-4-15(23)11-14/h2-12H,1H3,(H2,24,26,27,30). The molecule has 1 amide bonds. The molecule has 30 heavy (non-hydrogen) atoms. The highest BCUT2D eigenvalue weighted by molar-refractivity contribution is 9.10. The van der Waals surface area contributed by atoms with Crippen LogP contribution in [0.2, 0.25) is 0 Å². The molecule has 6 nitrogen and oxygen atoms in total. The molecule has 0 aliphatic rings. The molecular formula is C22H16BrN3O3S. The fourth-order valence-electron chi connectivity index (χ4n) is 2.83. The third-order valence-corrected chi connectivity index (χ3v) is 4.99. The molecule has 0 spiro atoms. The van der Waals surface area contributed by atoms with Crippen LogP contribution in [0.15, 0.2) is 75.6 Å². The van der Waals surface area contributed by atoms with Gasteiger partial charge in [-0.05, 0) is 72.9 Å². The maximum Gasteiger partial charge on any atom is 0.257 e. The first-order chi connectivity index (χ1) is 14.5. The Kier molecular flexibility index (Phi) is 5.78. The summed E-state index contributed by atoms with van der Waals surface area (Å²) >= 11 is 8.61. The van der Waals surface area contributed by atoms with Gasteiger partial charge in [-0.1, -0.05) is 22.0 Å². The molecule has 3 aromatic carbocycles. The number of aromatic nitrogens is 1. The highest BCUT2D eigenvalue weighted by Gasteiger charge is 2.11. The Morgan fingerprint density at radius 2 is 1.90 bits per heavy atom. The molecule has 4 rings (SSSR count). The van der Waals surface area contributed by atoms with E-state index in [9.17, 15) is 4.79 Å². The van der Waals surface area contributed by atoms with Crippen molar-refractivity contribution in [1.29, 1.82) is 0 Å². The molecule has 1 aromatic heterocycles. The Labute approximate surface area is 186 Å². The lowest BCUT2D eigenvalue weighted by Crippen LogP contribution is -2.34. The Hall–Kier alpha value is -3.23. The van der Waals surface area contributed by atoms with Gasteiger partial charge in [-0.15, -0.1) is 0 Å². The predicted molar refractivity (Wildman–Crippen MR) is 124 cm³/mol. The van der Waals surface area contributed by atoms with Crippen LogP contribution in [-0.4, -0.2) is 23.1 Å². The van der Waals surface area contributed by atoms with Crippen LogP contribution < -0.4 is 15.4 Å². The molecule has 2 N–H and O–H groups in total. The number of methoxy groups -OCH3 is 1. The molecule has 0 radical (unpaired) electrons. The zero-order valence-electron chi connectivity index (χ0n) is 15.8. The Morgan fingerprint density at radius 3 is 2.63 bits per heavy atom. The molecule has 0 unspecified atom stereocenters. The number of hydrogen-bond donors (Lipinski definition) is 2. The maximum atomic E-state index is 12.3. The normalized spacial score (nSPS) is 10.6. The van der Waals surface area contributed by atoms with Gasteiger partial charge < -0.3 is 14.5 Å². The fraction of sp³-hybridized carbons (Fsp3) is 0.0455. The minimum atomic E-state index is -0.293. The summed E-state index contributed by atoms with van der Waals surface area (Å²) in [5, 5.41) is 5.86. The largest absolute Gasteiger partial charge is 0.497 e. The van der Waals surface area contributed by atoms with E-state index < -0.39 is 0 Å². The second kappa shape index (κ2) is 8.64. The number of oxazole rings is 1. The van der Waals surface area contributed by atoms with Crippen molar-refractivity contribution < 1.29 is 13.9 Å². The summed E-state index contributed by atoms with van der Waals surface area (Å²) in [7, 11) is 1.62. The van der Waals surface area contributed by atoms with Gasteiger partial charge in [0.15, 0.2) is 10.7 Å². The molecule has 0 saturated carbocycles. The highest BCUT2D eigenvalue weighted by Crippen LogP contribution is 2.27. The van der Waals surface area contributed by atoms with Gasteiger partial charge in [-0.2, -0.15) is 0 Å². The summed E-state index contributed by atoms with van der Waals surface area (Å²) in [6.07, 6.45) is 0. The monoisotopic (exact) mass is 481 g/mol. The van der Waals surface area contributed by atoms with Crippen LogP contribution in [0.1, 0.15) is 10.4 Å². The first-order valence-corrected chi connectivity index (χ1v) is 10.1. The number of carbonyl (C=O) groups excluding carboxylic acids is 1. The number of thiocarbonyl (C=S) groups is 1. The summed E-state index contributed by atoms with van der Waals surface area (Å²) < 4.78 is 11.8. The molecule has 8 heteroatoms. The van der Waals surface area contributed by atoms with E-state index in [0.717, 1.165) is 15.8 Å². The van der Waals surface area contributed by atoms with Crippen LogP contribution in [0.5, 0.6) is 5.75 Å². The van der Waals surface area contributed by atoms with Gasteiger partial charge in [0.05, 0.1) is 7.11 Å². The quantitative estimate of drug-likeness (QED) is 0.380. The third-order valence-electron chi connectivity index (χ3n) is 4.30. The lowest BCUT2D eigenvalue weighted by atomic mass is 10.2. The van der Waals surface area contributed by atoms with Gasteiger partial charge >= 0.3 is 0 Å². The average Bonchev–Trinajstić information content (AvgIpc) is 3.17. The SMILES string of the molecule is COc1ccc(-c2nc3cc(NC(=S)NC(=O)c4cccc(Br)c4)ccc3o2)cc1. The van der Waals surface area contributed by atoms with Gasteiger partial charge in [0.25, 0.3) is 5.91 Å². The highest BCUT2D eigenvalue weighted by atomic mass is 79.9. The number of benzene rings is 3. The van der Waals surface area contributed by atoms with E-state index in [1.807, 2.05) is 42.5 Å². The minimum Gasteiger partial charge on any atom is -0.497 e. The summed E-state index contributed by atoms with van der Waals surface area (Å²) in [4.78, 5) is 16.9. The van der Waals surface area contributed by atoms with Crippen molar-refractivity contribution in [2.45, 2.75) is 0 Å². The lowest BCUT2D eigenvalue weighted by molar-refractivity contribution is 0.0977. The first-order valence-electron chi connectivity index (χ1n) is 8.95. The van der Waals surface area contributed by atoms with E-state index in [1.54, 1.807) is 31.4 Å². The van der Waals surface area contributed by atoms with Gasteiger partial charge in [-0.3, -0.25) is 10.1 Å². The van der Waals surface area contributed by atoms with E-state index in [2.05, 4.69) is 31.5 Å². The Morgan fingerprint density at radius 1 is 1.10 bits per heavy atom. The van der Waals surface area contributed by atoms with Gasteiger partial charge in [0, 0.05) is 21.3 Å². The molecule has 0 aliphatic carbocycles. The number of anilines is 1. The van der Waals surface area contributed by atoms with E-state index in [0.29, 0.717) is 28.2 Å². The molecule has 0 bridgehead atoms. The average molecular weight is 482 g/mol.